The molecular weight excluding hydrogens is 292 g/mol. The molecule has 20 heavy (non-hydrogen) atoms. The second kappa shape index (κ2) is 8.77. The molecule has 0 unspecified atom stereocenters. The maximum atomic E-state index is 12.3. The summed E-state index contributed by atoms with van der Waals surface area (Å²) in [5.74, 6) is 0. The van der Waals surface area contributed by atoms with Crippen molar-refractivity contribution >= 4 is 21.4 Å². The molecule has 6 heteroatoms. The van der Waals surface area contributed by atoms with Crippen molar-refractivity contribution in [3.63, 3.8) is 0 Å². The Morgan fingerprint density at radius 1 is 1.20 bits per heavy atom. The summed E-state index contributed by atoms with van der Waals surface area (Å²) in [4.78, 5) is 1.12. The molecule has 0 fully saturated rings. The van der Waals surface area contributed by atoms with Crippen LogP contribution in [0.15, 0.2) is 10.3 Å². The Morgan fingerprint density at radius 2 is 1.85 bits per heavy atom. The van der Waals surface area contributed by atoms with Crippen LogP contribution in [0.4, 0.5) is 0 Å². The standard InChI is InChI=1S/C14H26N2O2S2/c1-3-4-5-6-7-8-9-16-20(17,18)14-12(2)11-19-13(14)10-15/h11,16H,3-10,15H2,1-2H3. The van der Waals surface area contributed by atoms with Gasteiger partial charge in [-0.25, -0.2) is 13.1 Å². The summed E-state index contributed by atoms with van der Waals surface area (Å²) < 4.78 is 27.2. The Bertz CT molecular complexity index is 495. The molecule has 0 atom stereocenters. The Morgan fingerprint density at radius 3 is 2.50 bits per heavy atom. The van der Waals surface area contributed by atoms with Gasteiger partial charge in [-0.1, -0.05) is 39.0 Å². The van der Waals surface area contributed by atoms with Crippen LogP contribution in [-0.4, -0.2) is 15.0 Å². The van der Waals surface area contributed by atoms with Gasteiger partial charge in [0, 0.05) is 18.0 Å². The van der Waals surface area contributed by atoms with Gasteiger partial charge < -0.3 is 5.73 Å². The summed E-state index contributed by atoms with van der Waals surface area (Å²) in [5.41, 5.74) is 6.38. The van der Waals surface area contributed by atoms with Gasteiger partial charge >= 0.3 is 0 Å². The van der Waals surface area contributed by atoms with Crippen molar-refractivity contribution < 1.29 is 8.42 Å². The molecule has 0 aromatic carbocycles. The largest absolute Gasteiger partial charge is 0.326 e. The van der Waals surface area contributed by atoms with Crippen LogP contribution in [0.5, 0.6) is 0 Å². The second-order valence-corrected chi connectivity index (χ2v) is 7.71. The lowest BCUT2D eigenvalue weighted by Gasteiger charge is -2.08. The molecule has 0 radical (unpaired) electrons. The van der Waals surface area contributed by atoms with Crippen molar-refractivity contribution in [2.45, 2.75) is 63.8 Å². The lowest BCUT2D eigenvalue weighted by atomic mass is 10.1. The van der Waals surface area contributed by atoms with Gasteiger partial charge in [0.15, 0.2) is 0 Å². The maximum absolute atomic E-state index is 12.3. The van der Waals surface area contributed by atoms with Gasteiger partial charge in [-0.15, -0.1) is 11.3 Å². The van der Waals surface area contributed by atoms with Crippen LogP contribution in [0.1, 0.15) is 55.9 Å². The molecule has 0 amide bonds. The third kappa shape index (κ3) is 5.16. The first-order valence-corrected chi connectivity index (χ1v) is 9.66. The molecule has 1 heterocycles. The zero-order valence-corrected chi connectivity index (χ0v) is 14.1. The van der Waals surface area contributed by atoms with Gasteiger partial charge in [-0.2, -0.15) is 0 Å². The normalized spacial score (nSPS) is 11.9. The molecule has 0 bridgehead atoms. The highest BCUT2D eigenvalue weighted by Crippen LogP contribution is 2.26. The number of aryl methyl sites for hydroxylation is 1. The monoisotopic (exact) mass is 318 g/mol. The van der Waals surface area contributed by atoms with E-state index in [4.69, 9.17) is 5.73 Å². The number of thiophene rings is 1. The molecular formula is C14H26N2O2S2. The minimum Gasteiger partial charge on any atom is -0.326 e. The highest BCUT2D eigenvalue weighted by molar-refractivity contribution is 7.89. The highest BCUT2D eigenvalue weighted by Gasteiger charge is 2.21. The summed E-state index contributed by atoms with van der Waals surface area (Å²) >= 11 is 1.41. The van der Waals surface area contributed by atoms with E-state index in [0.29, 0.717) is 11.4 Å². The molecule has 0 aliphatic carbocycles. The van der Waals surface area contributed by atoms with Crippen molar-refractivity contribution in [2.24, 2.45) is 5.73 Å². The zero-order valence-electron chi connectivity index (χ0n) is 12.4. The predicted molar refractivity (Wildman–Crippen MR) is 85.5 cm³/mol. The average molecular weight is 319 g/mol. The first-order valence-electron chi connectivity index (χ1n) is 7.29. The molecule has 1 aromatic heterocycles. The number of nitrogens with two attached hydrogens (primary N) is 1. The molecule has 0 aliphatic rings. The zero-order chi connectivity index (χ0) is 15.0. The van der Waals surface area contributed by atoms with Crippen molar-refractivity contribution in [1.29, 1.82) is 0 Å². The minimum absolute atomic E-state index is 0.270. The van der Waals surface area contributed by atoms with Gasteiger partial charge in [0.05, 0.1) is 0 Å². The fraction of sp³-hybridized carbons (Fsp3) is 0.714. The number of hydrogen-bond acceptors (Lipinski definition) is 4. The quantitative estimate of drug-likeness (QED) is 0.651. The predicted octanol–water partition coefficient (Wildman–Crippen LogP) is 3.15. The van der Waals surface area contributed by atoms with E-state index < -0.39 is 10.0 Å². The number of hydrogen-bond donors (Lipinski definition) is 2. The molecule has 0 spiro atoms. The SMILES string of the molecule is CCCCCCCCNS(=O)(=O)c1c(C)csc1CN. The summed E-state index contributed by atoms with van der Waals surface area (Å²) in [5, 5.41) is 1.85. The smallest absolute Gasteiger partial charge is 0.241 e. The lowest BCUT2D eigenvalue weighted by Crippen LogP contribution is -2.26. The fourth-order valence-corrected chi connectivity index (χ4v) is 4.95. The van der Waals surface area contributed by atoms with Gasteiger partial charge in [0.25, 0.3) is 0 Å². The minimum atomic E-state index is -3.41. The Hall–Kier alpha value is -0.430. The van der Waals surface area contributed by atoms with Gasteiger partial charge in [-0.05, 0) is 24.3 Å². The van der Waals surface area contributed by atoms with Crippen molar-refractivity contribution in [2.75, 3.05) is 6.54 Å². The van der Waals surface area contributed by atoms with Gasteiger partial charge in [0.1, 0.15) is 4.90 Å². The van der Waals surface area contributed by atoms with E-state index >= 15 is 0 Å². The molecule has 0 saturated carbocycles. The molecule has 0 aliphatic heterocycles. The maximum Gasteiger partial charge on any atom is 0.241 e. The van der Waals surface area contributed by atoms with E-state index in [1.807, 2.05) is 12.3 Å². The van der Waals surface area contributed by atoms with Crippen LogP contribution in [0.2, 0.25) is 0 Å². The number of unbranched alkanes of at least 4 members (excludes halogenated alkanes) is 5. The summed E-state index contributed by atoms with van der Waals surface area (Å²) in [6.07, 6.45) is 6.88. The van der Waals surface area contributed by atoms with Gasteiger partial charge in [0.2, 0.25) is 10.0 Å². The van der Waals surface area contributed by atoms with Crippen molar-refractivity contribution in [3.8, 4) is 0 Å². The first-order chi connectivity index (χ1) is 9.53. The van der Waals surface area contributed by atoms with Crippen molar-refractivity contribution in [3.05, 3.63) is 15.8 Å². The van der Waals surface area contributed by atoms with Crippen LogP contribution in [-0.2, 0) is 16.6 Å². The summed E-state index contributed by atoms with van der Waals surface area (Å²) in [7, 11) is -3.41. The van der Waals surface area contributed by atoms with Crippen LogP contribution in [0, 0.1) is 6.92 Å². The van der Waals surface area contributed by atoms with Gasteiger partial charge in [-0.3, -0.25) is 0 Å². The Labute approximate surface area is 126 Å². The van der Waals surface area contributed by atoms with E-state index in [1.165, 1.54) is 37.0 Å². The summed E-state index contributed by atoms with van der Waals surface area (Å²) in [6, 6.07) is 0. The molecule has 0 saturated heterocycles. The van der Waals surface area contributed by atoms with E-state index in [9.17, 15) is 8.42 Å². The van der Waals surface area contributed by atoms with Crippen LogP contribution >= 0.6 is 11.3 Å². The molecule has 1 aromatic rings. The third-order valence-corrected chi connectivity index (χ3v) is 6.21. The van der Waals surface area contributed by atoms with Crippen LogP contribution in [0.3, 0.4) is 0 Å². The van der Waals surface area contributed by atoms with E-state index in [0.717, 1.165) is 23.3 Å². The third-order valence-electron chi connectivity index (χ3n) is 3.27. The fourth-order valence-electron chi connectivity index (χ4n) is 2.17. The second-order valence-electron chi connectivity index (χ2n) is 5.04. The number of sulfonamides is 1. The van der Waals surface area contributed by atoms with Crippen molar-refractivity contribution in [1.82, 2.24) is 4.72 Å². The first kappa shape index (κ1) is 17.6. The van der Waals surface area contributed by atoms with E-state index in [-0.39, 0.29) is 6.54 Å². The average Bonchev–Trinajstić information content (AvgIpc) is 2.79. The summed E-state index contributed by atoms with van der Waals surface area (Å²) in [6.45, 7) is 4.78. The number of nitrogens with one attached hydrogen (secondary N) is 1. The molecule has 3 N–H and O–H groups in total. The van der Waals surface area contributed by atoms with Crippen LogP contribution in [0.25, 0.3) is 0 Å². The topological polar surface area (TPSA) is 72.2 Å². The van der Waals surface area contributed by atoms with Crippen LogP contribution < -0.4 is 10.5 Å². The van der Waals surface area contributed by atoms with E-state index in [1.54, 1.807) is 0 Å². The highest BCUT2D eigenvalue weighted by atomic mass is 32.2. The number of rotatable bonds is 10. The van der Waals surface area contributed by atoms with E-state index in [2.05, 4.69) is 11.6 Å². The Kier molecular flexibility index (Phi) is 7.72. The molecule has 4 nitrogen and oxygen atoms in total. The Balaban J connectivity index is 2.44. The molecule has 1 rings (SSSR count). The lowest BCUT2D eigenvalue weighted by molar-refractivity contribution is 0.567. The molecule has 116 valence electrons.